The fourth-order valence-electron chi connectivity index (χ4n) is 14.0. The summed E-state index contributed by atoms with van der Waals surface area (Å²) in [7, 11) is -12.1. The topological polar surface area (TPSA) is 609 Å². The zero-order valence-corrected chi connectivity index (χ0v) is 83.8. The molecule has 754 valence electrons. The van der Waals surface area contributed by atoms with E-state index in [1.165, 1.54) is 70.1 Å². The summed E-state index contributed by atoms with van der Waals surface area (Å²) >= 11 is 0. The Morgan fingerprint density at radius 3 is 1.18 bits per heavy atom. The van der Waals surface area contributed by atoms with E-state index in [2.05, 4.69) is 172 Å². The van der Waals surface area contributed by atoms with Crippen LogP contribution in [-0.4, -0.2) is 203 Å². The van der Waals surface area contributed by atoms with Gasteiger partial charge in [-0.15, -0.1) is 0 Å². The fraction of sp³-hybridized carbons (Fsp3) is 0.670. The van der Waals surface area contributed by atoms with Gasteiger partial charge in [0.05, 0.1) is 19.8 Å². The van der Waals surface area contributed by atoms with Gasteiger partial charge < -0.3 is 120 Å². The highest BCUT2D eigenvalue weighted by atomic mass is 31.3. The number of nitrogens with one attached hydrogen (secondary N) is 7. The highest BCUT2D eigenvalue weighted by Crippen LogP contribution is 2.57. The molecule has 132 heavy (non-hydrogen) atoms. The highest BCUT2D eigenvalue weighted by molar-refractivity contribution is 7.59. The van der Waals surface area contributed by atoms with E-state index in [4.69, 9.17) is 39.5 Å². The van der Waals surface area contributed by atoms with Crippen LogP contribution in [0.1, 0.15) is 285 Å². The normalized spacial score (nSPS) is 22.1. The van der Waals surface area contributed by atoms with Crippen molar-refractivity contribution in [1.82, 2.24) is 49.5 Å². The molecule has 0 aliphatic carbocycles. The van der Waals surface area contributed by atoms with Gasteiger partial charge in [0.25, 0.3) is 15.6 Å². The lowest BCUT2D eigenvalue weighted by Crippen LogP contribution is -2.70. The molecular weight excluding hydrogens is 1750 g/mol. The molecule has 38 heteroatoms. The third-order valence-corrected chi connectivity index (χ3v) is 24.6. The van der Waals surface area contributed by atoms with Crippen molar-refractivity contribution >= 4 is 68.9 Å². The van der Waals surface area contributed by atoms with Crippen LogP contribution in [0.4, 0.5) is 0 Å². The second-order valence-electron chi connectivity index (χ2n) is 34.7. The molecule has 18 atom stereocenters. The van der Waals surface area contributed by atoms with Gasteiger partial charge in [-0.3, -0.25) is 56.8 Å². The molecule has 24 N–H and O–H groups in total. The van der Waals surface area contributed by atoms with E-state index in [0.29, 0.717) is 31.3 Å². The van der Waals surface area contributed by atoms with Crippen molar-refractivity contribution in [3.8, 4) is 0 Å². The second kappa shape index (κ2) is 66.6. The van der Waals surface area contributed by atoms with E-state index in [1.54, 1.807) is 6.92 Å². The molecule has 2 saturated heterocycles. The summed E-state index contributed by atoms with van der Waals surface area (Å²) in [4.78, 5) is 144. The van der Waals surface area contributed by atoms with E-state index in [-0.39, 0.29) is 25.3 Å². The largest absolute Gasteiger partial charge is 0.756 e. The van der Waals surface area contributed by atoms with Crippen LogP contribution in [0, 0.1) is 0 Å². The molecule has 0 bridgehead atoms. The number of carboxylic acids is 1. The van der Waals surface area contributed by atoms with Crippen LogP contribution in [0.5, 0.6) is 0 Å². The molecule has 2 aliphatic rings. The van der Waals surface area contributed by atoms with Gasteiger partial charge in [-0.05, 0) is 271 Å². The Bertz CT molecular complexity index is 4080. The zero-order chi connectivity index (χ0) is 98.0. The molecule has 2 heterocycles. The number of carboxylic acid groups (broad SMARTS) is 1. The standard InChI is InChI=1S/C94H157N9O25P2.2H3N/c1-59(2)31-21-32-60(3)33-22-34-61(4)35-23-36-62(5)37-24-38-63(6)39-25-40-64(7)41-26-42-65(8)43-27-44-66(9)45-28-46-67(10)47-29-48-68(11)49-30-50-69(12)54-56-122-129(118,119)128-130(120,121)127-94-82(101-75(18)107)86(85(79(58-105)125-94)126-93-81(100-74(17)106)84(110)83(109)78(57-104)124-93)123-73(16)90(114)97-71(14)89(113)103-76(87(96)111)52-53-80(108)102-77(51-19-20-55-95)91(115)98-70(13)88(112)99-72(15)92(116)117;;/h31,33,35,37,39,41,43,45,47,49,54,70-73,76-79,81-86,93-94,104-105,109-110H,19-30,32,34,36,38,40,42,44,46,48,50-53,55-58,95H2,1-18H3,(H2,96,111)(H,97,114)(H,98,115)(H,99,112)(H,100,106)(H,101,107)(H,102,108)(H,103,113)(H,116,117)(H,118,119)(H,120,121);2*1H3/b60-33-,61-35-,62-37-,63-39-,64-41-,65-43-,66-45-,67-47-,68-49-,69-54-;;/t70-,71+,72-,73-,76+,77+,78-,79-,81-,82-,83-,84-,85-,86-,93+,94-;;/m1../s1. The number of amides is 8. The first-order valence-electron chi connectivity index (χ1n) is 45.4. The van der Waals surface area contributed by atoms with Gasteiger partial charge in [0.15, 0.2) is 12.6 Å². The van der Waals surface area contributed by atoms with Crippen molar-refractivity contribution in [2.24, 2.45) is 11.5 Å². The Morgan fingerprint density at radius 1 is 0.432 bits per heavy atom. The van der Waals surface area contributed by atoms with Crippen molar-refractivity contribution in [3.05, 3.63) is 128 Å². The monoisotopic (exact) mass is 1910 g/mol. The van der Waals surface area contributed by atoms with Crippen LogP contribution < -0.4 is 70.8 Å². The van der Waals surface area contributed by atoms with Crippen LogP contribution >= 0.6 is 15.6 Å². The number of hydrogen-bond donors (Lipinski definition) is 16. The number of aliphatic carboxylic acids is 1. The predicted molar refractivity (Wildman–Crippen MR) is 508 cm³/mol. The van der Waals surface area contributed by atoms with Crippen molar-refractivity contribution in [3.63, 3.8) is 0 Å². The first-order chi connectivity index (χ1) is 61.1. The molecule has 36 nitrogen and oxygen atoms in total. The Labute approximate surface area is 783 Å². The number of unbranched alkanes of at least 4 members (excludes halogenated alkanes) is 1. The van der Waals surface area contributed by atoms with E-state index in [1.807, 2.05) is 6.92 Å². The minimum absolute atomic E-state index is 0. The van der Waals surface area contributed by atoms with Crippen LogP contribution in [0.3, 0.4) is 0 Å². The molecule has 0 spiro atoms. The van der Waals surface area contributed by atoms with E-state index in [0.717, 1.165) is 149 Å². The first-order valence-corrected chi connectivity index (χ1v) is 48.4. The maximum absolute atomic E-state index is 14.1. The summed E-state index contributed by atoms with van der Waals surface area (Å²) in [6.07, 6.45) is 26.9. The van der Waals surface area contributed by atoms with Gasteiger partial charge in [0.1, 0.15) is 85.0 Å². The van der Waals surface area contributed by atoms with Crippen molar-refractivity contribution in [1.29, 1.82) is 0 Å². The third-order valence-electron chi connectivity index (χ3n) is 22.1. The molecule has 0 aromatic carbocycles. The number of quaternary nitrogens is 2. The lowest BCUT2D eigenvalue weighted by atomic mass is 9.94. The fourth-order valence-corrected chi connectivity index (χ4v) is 16.1. The number of aliphatic hydroxyl groups excluding tert-OH is 4. The molecule has 2 unspecified atom stereocenters. The highest BCUT2D eigenvalue weighted by Gasteiger charge is 2.54. The third kappa shape index (κ3) is 52.9. The van der Waals surface area contributed by atoms with E-state index < -0.39 is 199 Å². The zero-order valence-electron chi connectivity index (χ0n) is 82.0. The minimum atomic E-state index is -6.25. The summed E-state index contributed by atoms with van der Waals surface area (Å²) in [5.41, 5.74) is 25.9. The number of phosphoric acid groups is 2. The van der Waals surface area contributed by atoms with Gasteiger partial charge >= 0.3 is 5.97 Å². The lowest BCUT2D eigenvalue weighted by Gasteiger charge is -2.50. The molecule has 8 amide bonds. The Morgan fingerprint density at radius 2 is 0.803 bits per heavy atom. The number of aliphatic hydroxyl groups is 4. The lowest BCUT2D eigenvalue weighted by molar-refractivity contribution is -0.336. The smallest absolute Gasteiger partial charge is 0.325 e. The number of allylic oxidation sites excluding steroid dienone is 21. The number of hydrogen-bond acceptors (Lipinski definition) is 25. The minimum Gasteiger partial charge on any atom is -0.756 e. The van der Waals surface area contributed by atoms with Crippen molar-refractivity contribution in [2.45, 2.75) is 383 Å². The summed E-state index contributed by atoms with van der Waals surface area (Å²) in [5.74, 6) is -8.98. The number of primary amides is 1. The number of carbonyl (C=O) groups is 9. The van der Waals surface area contributed by atoms with Crippen molar-refractivity contribution in [2.75, 3.05) is 26.4 Å². The maximum atomic E-state index is 14.1. The summed E-state index contributed by atoms with van der Waals surface area (Å²) in [6, 6.07) is -10.7. The second-order valence-corrected chi connectivity index (χ2v) is 37.6. The van der Waals surface area contributed by atoms with Crippen LogP contribution in [0.25, 0.3) is 0 Å². The molecular formula is C94H163N11O25P2. The number of phosphoric ester groups is 2. The quantitative estimate of drug-likeness (QED) is 0.0153. The maximum Gasteiger partial charge on any atom is 0.325 e. The number of nitrogens with two attached hydrogens (primary N) is 2. The number of carbonyl (C=O) groups excluding carboxylic acids is 8. The summed E-state index contributed by atoms with van der Waals surface area (Å²) in [6.45, 7) is 30.0. The molecule has 0 saturated carbocycles. The molecule has 0 aromatic heterocycles. The van der Waals surface area contributed by atoms with Crippen LogP contribution in [0.15, 0.2) is 128 Å². The van der Waals surface area contributed by atoms with Crippen LogP contribution in [0.2, 0.25) is 0 Å². The molecule has 0 aromatic rings. The molecule has 0 radical (unpaired) electrons. The number of ether oxygens (including phenoxy) is 4. The van der Waals surface area contributed by atoms with Crippen LogP contribution in [-0.2, 0) is 84.6 Å². The van der Waals surface area contributed by atoms with E-state index in [9.17, 15) is 87.6 Å². The summed E-state index contributed by atoms with van der Waals surface area (Å²) in [5, 5.41) is 68.7. The average molecular weight is 1910 g/mol. The molecule has 2 aliphatic heterocycles. The Balaban J connectivity index is 0.0000858. The predicted octanol–water partition coefficient (Wildman–Crippen LogP) is 11.2. The van der Waals surface area contributed by atoms with E-state index >= 15 is 0 Å². The molecule has 2 rings (SSSR count). The Hall–Kier alpha value is -7.81. The van der Waals surface area contributed by atoms with Gasteiger partial charge in [-0.1, -0.05) is 128 Å². The Kier molecular flexibility index (Phi) is 62.7. The van der Waals surface area contributed by atoms with Gasteiger partial charge in [0, 0.05) is 20.3 Å². The SMILES string of the molecule is CC(=O)N[C@H]1[C@H](O[C@H]2[C@H](O[C@H](C)C(=O)N[C@@H](C)C(=O)N[C@@H](CCC(=O)N[C@@H](CCCCN)C(=O)N[C@H](C)C(=O)N[C@H](C)C(=O)O)C(N)=O)[C@@H](NC(C)=O)[C@@H](OP(=O)([O-])OP(=O)([O-])OC/C=C(/C)CC/C=C(/C)CC/C=C(/C)CC/C=C(/C)CC/C=C(/C)CC/C=C(/C)CC/C=C(/C)CC/C=C(/C)CC/C=C(/C)CC/C=C(/C)CCC=C(C)C)O[C@@H]2CO)O[C@H](CO)[C@@H](O)[C@@H]1O.[NH4+].[NH4+]. The summed E-state index contributed by atoms with van der Waals surface area (Å²) < 4.78 is 65.5. The molecule has 2 fully saturated rings. The van der Waals surface area contributed by atoms with Gasteiger partial charge in [0.2, 0.25) is 47.3 Å². The average Bonchev–Trinajstić information content (AvgIpc) is 0.764. The van der Waals surface area contributed by atoms with Gasteiger partial charge in [-0.25, -0.2) is 4.31 Å². The van der Waals surface area contributed by atoms with Gasteiger partial charge in [-0.2, -0.15) is 0 Å². The number of rotatable bonds is 63. The first kappa shape index (κ1) is 124. The van der Waals surface area contributed by atoms with Crippen molar-refractivity contribution < 1.29 is 120 Å².